The lowest BCUT2D eigenvalue weighted by Crippen LogP contribution is -2.33. The Hall–Kier alpha value is -1.06. The molecule has 80 valence electrons. The van der Waals surface area contributed by atoms with Gasteiger partial charge in [0.2, 0.25) is 5.91 Å². The van der Waals surface area contributed by atoms with Crippen LogP contribution in [0.25, 0.3) is 0 Å². The van der Waals surface area contributed by atoms with Gasteiger partial charge in [-0.1, -0.05) is 20.8 Å². The predicted octanol–water partition coefficient (Wildman–Crippen LogP) is 0.869. The number of carboxylic acids is 1. The molecule has 1 fully saturated rings. The minimum atomic E-state index is -0.860. The number of amides is 1. The standard InChI is InChI=1S/C10H17NO3/c1-10(2,3)5-11-8(12)6-4-7(6)9(13)14/h6-7H,4-5H2,1-3H3,(H,11,12)(H,13,14). The van der Waals surface area contributed by atoms with Crippen LogP contribution in [0.3, 0.4) is 0 Å². The third kappa shape index (κ3) is 3.01. The van der Waals surface area contributed by atoms with Gasteiger partial charge in [0.25, 0.3) is 0 Å². The number of carbonyl (C=O) groups is 2. The number of carboxylic acid groups (broad SMARTS) is 1. The highest BCUT2D eigenvalue weighted by Gasteiger charge is 2.48. The summed E-state index contributed by atoms with van der Waals surface area (Å²) in [6, 6.07) is 0. The molecular formula is C10H17NO3. The molecule has 2 unspecified atom stereocenters. The average Bonchev–Trinajstić information content (AvgIpc) is 2.77. The number of hydrogen-bond acceptors (Lipinski definition) is 2. The maximum atomic E-state index is 11.4. The zero-order chi connectivity index (χ0) is 10.9. The van der Waals surface area contributed by atoms with Crippen LogP contribution in [0.15, 0.2) is 0 Å². The van der Waals surface area contributed by atoms with Crippen LogP contribution in [-0.4, -0.2) is 23.5 Å². The van der Waals surface area contributed by atoms with Gasteiger partial charge in [-0.05, 0) is 11.8 Å². The lowest BCUT2D eigenvalue weighted by atomic mass is 9.97. The average molecular weight is 199 g/mol. The topological polar surface area (TPSA) is 66.4 Å². The Kier molecular flexibility index (Phi) is 2.83. The quantitative estimate of drug-likeness (QED) is 0.708. The van der Waals surface area contributed by atoms with Crippen molar-refractivity contribution < 1.29 is 14.7 Å². The number of carbonyl (C=O) groups excluding carboxylic acids is 1. The number of aliphatic carboxylic acids is 1. The molecule has 0 aliphatic heterocycles. The van der Waals surface area contributed by atoms with Crippen LogP contribution >= 0.6 is 0 Å². The van der Waals surface area contributed by atoms with Gasteiger partial charge in [-0.2, -0.15) is 0 Å². The second-order valence-electron chi connectivity index (χ2n) is 5.07. The van der Waals surface area contributed by atoms with E-state index in [0.717, 1.165) is 0 Å². The third-order valence-electron chi connectivity index (χ3n) is 2.24. The van der Waals surface area contributed by atoms with Gasteiger partial charge in [0.05, 0.1) is 11.8 Å². The number of hydrogen-bond donors (Lipinski definition) is 2. The van der Waals surface area contributed by atoms with E-state index in [1.807, 2.05) is 20.8 Å². The highest BCUT2D eigenvalue weighted by molar-refractivity contribution is 5.89. The van der Waals surface area contributed by atoms with E-state index in [-0.39, 0.29) is 17.2 Å². The maximum Gasteiger partial charge on any atom is 0.307 e. The summed E-state index contributed by atoms with van der Waals surface area (Å²) in [6.45, 7) is 6.66. The fourth-order valence-electron chi connectivity index (χ4n) is 1.24. The monoisotopic (exact) mass is 199 g/mol. The van der Waals surface area contributed by atoms with Crippen molar-refractivity contribution in [2.75, 3.05) is 6.54 Å². The number of rotatable bonds is 3. The van der Waals surface area contributed by atoms with Gasteiger partial charge in [0, 0.05) is 6.54 Å². The molecule has 0 aromatic carbocycles. The molecule has 0 spiro atoms. The van der Waals surface area contributed by atoms with Crippen molar-refractivity contribution in [2.24, 2.45) is 17.3 Å². The van der Waals surface area contributed by atoms with E-state index in [2.05, 4.69) is 5.32 Å². The Morgan fingerprint density at radius 3 is 2.29 bits per heavy atom. The van der Waals surface area contributed by atoms with Crippen LogP contribution in [0.5, 0.6) is 0 Å². The summed E-state index contributed by atoms with van der Waals surface area (Å²) >= 11 is 0. The van der Waals surface area contributed by atoms with Crippen molar-refractivity contribution >= 4 is 11.9 Å². The smallest absolute Gasteiger partial charge is 0.307 e. The molecule has 2 atom stereocenters. The first-order chi connectivity index (χ1) is 6.31. The summed E-state index contributed by atoms with van der Waals surface area (Å²) in [6.07, 6.45) is 0.491. The van der Waals surface area contributed by atoms with Crippen LogP contribution in [0.4, 0.5) is 0 Å². The molecule has 14 heavy (non-hydrogen) atoms. The predicted molar refractivity (Wildman–Crippen MR) is 51.7 cm³/mol. The second kappa shape index (κ2) is 3.59. The van der Waals surface area contributed by atoms with Crippen LogP contribution < -0.4 is 5.32 Å². The van der Waals surface area contributed by atoms with E-state index in [9.17, 15) is 9.59 Å². The van der Waals surface area contributed by atoms with Crippen molar-refractivity contribution in [2.45, 2.75) is 27.2 Å². The van der Waals surface area contributed by atoms with E-state index >= 15 is 0 Å². The van der Waals surface area contributed by atoms with Crippen LogP contribution in [0.2, 0.25) is 0 Å². The van der Waals surface area contributed by atoms with Crippen LogP contribution in [-0.2, 0) is 9.59 Å². The summed E-state index contributed by atoms with van der Waals surface area (Å²) in [5.74, 6) is -1.72. The highest BCUT2D eigenvalue weighted by atomic mass is 16.4. The molecule has 0 radical (unpaired) electrons. The van der Waals surface area contributed by atoms with Gasteiger partial charge >= 0.3 is 5.97 Å². The molecule has 0 heterocycles. The lowest BCUT2D eigenvalue weighted by Gasteiger charge is -2.18. The third-order valence-corrected chi connectivity index (χ3v) is 2.24. The zero-order valence-corrected chi connectivity index (χ0v) is 8.83. The van der Waals surface area contributed by atoms with Crippen LogP contribution in [0.1, 0.15) is 27.2 Å². The second-order valence-corrected chi connectivity index (χ2v) is 5.07. The first-order valence-electron chi connectivity index (χ1n) is 4.82. The van der Waals surface area contributed by atoms with Crippen molar-refractivity contribution in [1.29, 1.82) is 0 Å². The summed E-state index contributed by atoms with van der Waals surface area (Å²) < 4.78 is 0. The van der Waals surface area contributed by atoms with Gasteiger partial charge in [-0.25, -0.2) is 0 Å². The van der Waals surface area contributed by atoms with Crippen molar-refractivity contribution in [3.05, 3.63) is 0 Å². The van der Waals surface area contributed by atoms with Crippen molar-refractivity contribution in [1.82, 2.24) is 5.32 Å². The van der Waals surface area contributed by atoms with Crippen LogP contribution in [0, 0.1) is 17.3 Å². The van der Waals surface area contributed by atoms with Gasteiger partial charge in [0.1, 0.15) is 0 Å². The summed E-state index contributed by atoms with van der Waals surface area (Å²) in [4.78, 5) is 21.9. The lowest BCUT2D eigenvalue weighted by molar-refractivity contribution is -0.140. The first kappa shape index (κ1) is 11.0. The Morgan fingerprint density at radius 2 is 1.93 bits per heavy atom. The first-order valence-corrected chi connectivity index (χ1v) is 4.82. The van der Waals surface area contributed by atoms with Gasteiger partial charge in [-0.3, -0.25) is 9.59 Å². The van der Waals surface area contributed by atoms with Crippen molar-refractivity contribution in [3.8, 4) is 0 Å². The minimum Gasteiger partial charge on any atom is -0.481 e. The minimum absolute atomic E-state index is 0.0449. The molecular weight excluding hydrogens is 182 g/mol. The van der Waals surface area contributed by atoms with Crippen molar-refractivity contribution in [3.63, 3.8) is 0 Å². The summed E-state index contributed by atoms with van der Waals surface area (Å²) in [5, 5.41) is 11.4. The van der Waals surface area contributed by atoms with E-state index in [1.165, 1.54) is 0 Å². The molecule has 1 aliphatic rings. The maximum absolute atomic E-state index is 11.4. The summed E-state index contributed by atoms with van der Waals surface area (Å²) in [5.41, 5.74) is 0.0449. The largest absolute Gasteiger partial charge is 0.481 e. The molecule has 1 amide bonds. The van der Waals surface area contributed by atoms with Gasteiger partial charge in [-0.15, -0.1) is 0 Å². The molecule has 1 aliphatic carbocycles. The molecule has 4 nitrogen and oxygen atoms in total. The summed E-state index contributed by atoms with van der Waals surface area (Å²) in [7, 11) is 0. The molecule has 4 heteroatoms. The zero-order valence-electron chi connectivity index (χ0n) is 8.83. The fraction of sp³-hybridized carbons (Fsp3) is 0.800. The Morgan fingerprint density at radius 1 is 1.36 bits per heavy atom. The Labute approximate surface area is 83.7 Å². The molecule has 1 rings (SSSR count). The van der Waals surface area contributed by atoms with E-state index in [4.69, 9.17) is 5.11 Å². The van der Waals surface area contributed by atoms with Gasteiger partial charge < -0.3 is 10.4 Å². The normalized spacial score (nSPS) is 25.6. The van der Waals surface area contributed by atoms with E-state index < -0.39 is 11.9 Å². The Bertz CT molecular complexity index is 255. The number of nitrogens with one attached hydrogen (secondary N) is 1. The molecule has 0 aromatic rings. The van der Waals surface area contributed by atoms with E-state index in [1.54, 1.807) is 0 Å². The molecule has 1 saturated carbocycles. The Balaban J connectivity index is 2.29. The van der Waals surface area contributed by atoms with E-state index in [0.29, 0.717) is 13.0 Å². The molecule has 2 N–H and O–H groups in total. The van der Waals surface area contributed by atoms with Gasteiger partial charge in [0.15, 0.2) is 0 Å². The highest BCUT2D eigenvalue weighted by Crippen LogP contribution is 2.38. The molecule has 0 bridgehead atoms. The molecule has 0 aromatic heterocycles. The fourth-order valence-corrected chi connectivity index (χ4v) is 1.24. The molecule has 0 saturated heterocycles. The SMILES string of the molecule is CC(C)(C)CNC(=O)C1CC1C(=O)O.